The smallest absolute Gasteiger partial charge is 0.217 e. The van der Waals surface area contributed by atoms with Crippen molar-refractivity contribution < 1.29 is 19.9 Å². The molecule has 0 amide bonds. The number of benzene rings is 2. The Labute approximate surface area is 145 Å². The summed E-state index contributed by atoms with van der Waals surface area (Å²) >= 11 is 5.92. The van der Waals surface area contributed by atoms with Crippen molar-refractivity contribution in [3.8, 4) is 11.5 Å². The summed E-state index contributed by atoms with van der Waals surface area (Å²) in [5, 5.41) is 19.6. The van der Waals surface area contributed by atoms with Gasteiger partial charge in [-0.05, 0) is 42.5 Å². The normalized spacial score (nSPS) is 15.5. The van der Waals surface area contributed by atoms with Crippen molar-refractivity contribution in [3.05, 3.63) is 53.1 Å². The lowest BCUT2D eigenvalue weighted by Gasteiger charge is -2.33. The lowest BCUT2D eigenvalue weighted by atomic mass is 10.1. The van der Waals surface area contributed by atoms with E-state index >= 15 is 0 Å². The van der Waals surface area contributed by atoms with Gasteiger partial charge in [0.1, 0.15) is 6.54 Å². The largest absolute Gasteiger partial charge is 0.504 e. The molecule has 3 rings (SSSR count). The molecule has 24 heavy (non-hydrogen) atoms. The number of anilines is 1. The summed E-state index contributed by atoms with van der Waals surface area (Å²) in [5.41, 5.74) is 1.58. The molecular formula is C18H20ClN2O3+. The van der Waals surface area contributed by atoms with E-state index in [9.17, 15) is 15.0 Å². The Bertz CT molecular complexity index is 726. The number of halogens is 1. The van der Waals surface area contributed by atoms with Crippen LogP contribution in [0.1, 0.15) is 10.4 Å². The summed E-state index contributed by atoms with van der Waals surface area (Å²) in [7, 11) is 0. The molecule has 0 bridgehead atoms. The highest BCUT2D eigenvalue weighted by atomic mass is 35.5. The second-order valence-corrected chi connectivity index (χ2v) is 6.45. The number of carbonyl (C=O) groups excluding carboxylic acids is 1. The van der Waals surface area contributed by atoms with Crippen LogP contribution in [0.15, 0.2) is 42.5 Å². The first-order valence-electron chi connectivity index (χ1n) is 7.92. The zero-order valence-corrected chi connectivity index (χ0v) is 14.0. The average molecular weight is 348 g/mol. The number of ketones is 1. The van der Waals surface area contributed by atoms with Crippen LogP contribution < -0.4 is 9.80 Å². The third kappa shape index (κ3) is 3.80. The van der Waals surface area contributed by atoms with Crippen LogP contribution >= 0.6 is 11.6 Å². The monoisotopic (exact) mass is 347 g/mol. The summed E-state index contributed by atoms with van der Waals surface area (Å²) in [6.07, 6.45) is 0. The Morgan fingerprint density at radius 2 is 1.71 bits per heavy atom. The van der Waals surface area contributed by atoms with Crippen LogP contribution in [0, 0.1) is 0 Å². The lowest BCUT2D eigenvalue weighted by Crippen LogP contribution is -3.15. The number of phenols is 2. The van der Waals surface area contributed by atoms with Gasteiger partial charge in [0.2, 0.25) is 5.78 Å². The van der Waals surface area contributed by atoms with E-state index < -0.39 is 0 Å². The Balaban J connectivity index is 1.56. The molecule has 1 fully saturated rings. The minimum absolute atomic E-state index is 0.0276. The number of nitrogens with zero attached hydrogens (tertiary/aromatic N) is 1. The number of Topliss-reactive ketones (excluding diaryl/α,β-unsaturated/α-hetero) is 1. The topological polar surface area (TPSA) is 65.2 Å². The van der Waals surface area contributed by atoms with Crippen LogP contribution in [0.4, 0.5) is 5.69 Å². The predicted molar refractivity (Wildman–Crippen MR) is 93.3 cm³/mol. The van der Waals surface area contributed by atoms with Crippen LogP contribution in [0.2, 0.25) is 5.02 Å². The Morgan fingerprint density at radius 1 is 1.04 bits per heavy atom. The number of hydrogen-bond donors (Lipinski definition) is 3. The standard InChI is InChI=1S/C18H19ClN2O3/c19-14-2-4-15(5-3-14)21-9-7-20(8-10-21)12-18(24)13-1-6-16(22)17(23)11-13/h1-6,11,22-23H,7-10,12H2/p+1. The summed E-state index contributed by atoms with van der Waals surface area (Å²) in [6, 6.07) is 12.0. The van der Waals surface area contributed by atoms with E-state index in [1.54, 1.807) is 6.07 Å². The van der Waals surface area contributed by atoms with E-state index in [0.717, 1.165) is 36.9 Å². The second-order valence-electron chi connectivity index (χ2n) is 6.02. The Hall–Kier alpha value is -2.24. The lowest BCUT2D eigenvalue weighted by molar-refractivity contribution is -0.892. The van der Waals surface area contributed by atoms with Crippen LogP contribution in [-0.4, -0.2) is 48.7 Å². The molecule has 0 aliphatic carbocycles. The third-order valence-electron chi connectivity index (χ3n) is 4.37. The van der Waals surface area contributed by atoms with Crippen molar-refractivity contribution in [2.45, 2.75) is 0 Å². The maximum Gasteiger partial charge on any atom is 0.217 e. The van der Waals surface area contributed by atoms with Crippen molar-refractivity contribution in [2.24, 2.45) is 0 Å². The van der Waals surface area contributed by atoms with Gasteiger partial charge < -0.3 is 20.0 Å². The molecule has 0 spiro atoms. The second kappa shape index (κ2) is 7.11. The highest BCUT2D eigenvalue weighted by Crippen LogP contribution is 2.24. The number of hydrogen-bond acceptors (Lipinski definition) is 4. The first-order valence-corrected chi connectivity index (χ1v) is 8.30. The third-order valence-corrected chi connectivity index (χ3v) is 4.62. The molecule has 0 atom stereocenters. The molecule has 126 valence electrons. The van der Waals surface area contributed by atoms with Gasteiger partial charge in [-0.15, -0.1) is 0 Å². The van der Waals surface area contributed by atoms with Gasteiger partial charge in [0.15, 0.2) is 11.5 Å². The number of piperazine rings is 1. The fraction of sp³-hybridized carbons (Fsp3) is 0.278. The summed E-state index contributed by atoms with van der Waals surface area (Å²) in [6.45, 7) is 3.89. The number of carbonyl (C=O) groups is 1. The van der Waals surface area contributed by atoms with E-state index in [-0.39, 0.29) is 17.3 Å². The van der Waals surface area contributed by atoms with Gasteiger partial charge in [-0.1, -0.05) is 11.6 Å². The van der Waals surface area contributed by atoms with Crippen molar-refractivity contribution in [2.75, 3.05) is 37.6 Å². The van der Waals surface area contributed by atoms with Gasteiger partial charge in [0.25, 0.3) is 0 Å². The number of phenolic OH excluding ortho intramolecular Hbond substituents is 2. The SMILES string of the molecule is O=C(C[NH+]1CCN(c2ccc(Cl)cc2)CC1)c1ccc(O)c(O)c1. The molecule has 0 radical (unpaired) electrons. The molecular weight excluding hydrogens is 328 g/mol. The Kier molecular flexibility index (Phi) is 4.92. The minimum atomic E-state index is -0.261. The molecule has 2 aromatic rings. The van der Waals surface area contributed by atoms with E-state index in [1.807, 2.05) is 24.3 Å². The molecule has 0 saturated carbocycles. The fourth-order valence-electron chi connectivity index (χ4n) is 2.94. The molecule has 1 heterocycles. The van der Waals surface area contributed by atoms with Gasteiger partial charge >= 0.3 is 0 Å². The average Bonchev–Trinajstić information content (AvgIpc) is 2.59. The highest BCUT2D eigenvalue weighted by molar-refractivity contribution is 6.30. The maximum atomic E-state index is 12.3. The summed E-state index contributed by atoms with van der Waals surface area (Å²) in [5.74, 6) is -0.501. The fourth-order valence-corrected chi connectivity index (χ4v) is 3.06. The van der Waals surface area contributed by atoms with E-state index in [2.05, 4.69) is 4.90 Å². The van der Waals surface area contributed by atoms with E-state index in [4.69, 9.17) is 11.6 Å². The summed E-state index contributed by atoms with van der Waals surface area (Å²) < 4.78 is 0. The highest BCUT2D eigenvalue weighted by Gasteiger charge is 2.23. The molecule has 6 heteroatoms. The molecule has 1 aliphatic heterocycles. The molecule has 2 aromatic carbocycles. The first kappa shape index (κ1) is 16.6. The van der Waals surface area contributed by atoms with Crippen LogP contribution in [0.25, 0.3) is 0 Å². The van der Waals surface area contributed by atoms with Gasteiger partial charge in [-0.3, -0.25) is 4.79 Å². The first-order chi connectivity index (χ1) is 11.5. The van der Waals surface area contributed by atoms with E-state index in [0.29, 0.717) is 12.1 Å². The summed E-state index contributed by atoms with van der Waals surface area (Å²) in [4.78, 5) is 15.8. The zero-order chi connectivity index (χ0) is 17.1. The molecule has 3 N–H and O–H groups in total. The van der Waals surface area contributed by atoms with Gasteiger partial charge in [0.05, 0.1) is 26.2 Å². The van der Waals surface area contributed by atoms with Crippen LogP contribution in [0.5, 0.6) is 11.5 Å². The molecule has 0 aromatic heterocycles. The molecule has 5 nitrogen and oxygen atoms in total. The van der Waals surface area contributed by atoms with Crippen LogP contribution in [0.3, 0.4) is 0 Å². The zero-order valence-electron chi connectivity index (χ0n) is 13.2. The van der Waals surface area contributed by atoms with E-state index in [1.165, 1.54) is 17.0 Å². The van der Waals surface area contributed by atoms with Gasteiger partial charge in [0, 0.05) is 16.3 Å². The number of rotatable bonds is 4. The molecule has 1 saturated heterocycles. The molecule has 0 unspecified atom stereocenters. The number of aromatic hydroxyl groups is 2. The number of quaternary nitrogens is 1. The maximum absolute atomic E-state index is 12.3. The minimum Gasteiger partial charge on any atom is -0.504 e. The van der Waals surface area contributed by atoms with Crippen molar-refractivity contribution >= 4 is 23.1 Å². The van der Waals surface area contributed by atoms with Crippen molar-refractivity contribution in [1.29, 1.82) is 0 Å². The van der Waals surface area contributed by atoms with Crippen molar-refractivity contribution in [1.82, 2.24) is 0 Å². The molecule has 1 aliphatic rings. The van der Waals surface area contributed by atoms with Gasteiger partial charge in [-0.2, -0.15) is 0 Å². The quantitative estimate of drug-likeness (QED) is 0.577. The number of nitrogens with one attached hydrogen (secondary N) is 1. The van der Waals surface area contributed by atoms with Crippen molar-refractivity contribution in [3.63, 3.8) is 0 Å². The Morgan fingerprint density at radius 3 is 2.33 bits per heavy atom. The predicted octanol–water partition coefficient (Wildman–Crippen LogP) is 1.34. The van der Waals surface area contributed by atoms with Gasteiger partial charge in [-0.25, -0.2) is 0 Å². The van der Waals surface area contributed by atoms with Crippen LogP contribution in [-0.2, 0) is 0 Å².